The molecule has 0 amide bonds. The van der Waals surface area contributed by atoms with E-state index >= 15 is 0 Å². The number of rotatable bonds is 15. The molecule has 1 nitrogen and oxygen atoms in total. The van der Waals surface area contributed by atoms with Crippen LogP contribution in [0.3, 0.4) is 0 Å². The second-order valence-electron chi connectivity index (χ2n) is 13.4. The molecule has 6 rings (SSSR count). The van der Waals surface area contributed by atoms with E-state index in [9.17, 15) is 0 Å². The van der Waals surface area contributed by atoms with E-state index in [0.29, 0.717) is 0 Å². The first-order valence-corrected chi connectivity index (χ1v) is 18.6. The van der Waals surface area contributed by atoms with Gasteiger partial charge in [-0.05, 0) is 102 Å². The first-order chi connectivity index (χ1) is 23.2. The quantitative estimate of drug-likeness (QED) is 0.111. The van der Waals surface area contributed by atoms with Crippen molar-refractivity contribution in [2.75, 3.05) is 4.90 Å². The van der Waals surface area contributed by atoms with Crippen molar-refractivity contribution in [3.8, 4) is 0 Å². The van der Waals surface area contributed by atoms with E-state index in [4.69, 9.17) is 0 Å². The maximum atomic E-state index is 2.68. The summed E-state index contributed by atoms with van der Waals surface area (Å²) >= 11 is 0. The maximum absolute atomic E-state index is 2.68. The summed E-state index contributed by atoms with van der Waals surface area (Å²) in [6, 6.07) is 38.9. The summed E-state index contributed by atoms with van der Waals surface area (Å²) in [6.07, 6.45) is 14.3. The highest BCUT2D eigenvalue weighted by Gasteiger charge is 2.27. The molecule has 0 aliphatic rings. The van der Waals surface area contributed by atoms with Crippen LogP contribution in [0.2, 0.25) is 0 Å². The lowest BCUT2D eigenvalue weighted by Crippen LogP contribution is -2.17. The Hall–Kier alpha value is -4.10. The molecule has 0 saturated carbocycles. The molecule has 0 aliphatic heterocycles. The summed E-state index contributed by atoms with van der Waals surface area (Å²) in [5.41, 5.74) is 10.3. The van der Waals surface area contributed by atoms with Crippen LogP contribution in [0.4, 0.5) is 17.1 Å². The summed E-state index contributed by atoms with van der Waals surface area (Å²) < 4.78 is 0. The van der Waals surface area contributed by atoms with Gasteiger partial charge < -0.3 is 4.90 Å². The van der Waals surface area contributed by atoms with Gasteiger partial charge in [0.15, 0.2) is 0 Å². The fraction of sp³-hybridized carbons (Fsp3) is 0.348. The average Bonchev–Trinajstić information content (AvgIpc) is 3.12. The van der Waals surface area contributed by atoms with Crippen molar-refractivity contribution in [3.05, 3.63) is 125 Å². The van der Waals surface area contributed by atoms with E-state index in [1.54, 1.807) is 22.1 Å². The molecule has 0 aromatic heterocycles. The molecule has 0 spiro atoms. The van der Waals surface area contributed by atoms with Crippen LogP contribution in [0, 0.1) is 0 Å². The van der Waals surface area contributed by atoms with Crippen LogP contribution in [0.15, 0.2) is 103 Å². The lowest BCUT2D eigenvalue weighted by atomic mass is 9.82. The molecule has 0 N–H and O–H groups in total. The summed E-state index contributed by atoms with van der Waals surface area (Å²) in [4.78, 5) is 2.68. The van der Waals surface area contributed by atoms with Gasteiger partial charge in [0.05, 0.1) is 17.1 Å². The molecule has 1 heteroatoms. The fourth-order valence-electron chi connectivity index (χ4n) is 7.71. The Morgan fingerprint density at radius 3 is 1.43 bits per heavy atom. The number of nitrogens with zero attached hydrogens (tertiary/aromatic N) is 1. The number of benzene rings is 6. The van der Waals surface area contributed by atoms with Gasteiger partial charge in [-0.25, -0.2) is 0 Å². The Balaban J connectivity index is 1.82. The Labute approximate surface area is 283 Å². The van der Waals surface area contributed by atoms with Crippen molar-refractivity contribution in [2.24, 2.45) is 0 Å². The standard InChI is InChI=1S/C46H53N/c1-5-9-20-36-25-17-31-42-45(36)40(27-11-7-3)39(26-10-6-2)41(28-12-8-4)46(42)47(43-32-18-23-34-21-13-15-29-37(34)43)44-33-19-24-35-22-14-16-30-38(35)44/h13-19,21-25,29-33H,5-12,20,26-28H2,1-4H3. The van der Waals surface area contributed by atoms with Crippen LogP contribution in [0.25, 0.3) is 32.3 Å². The van der Waals surface area contributed by atoms with Crippen molar-refractivity contribution in [1.29, 1.82) is 0 Å². The number of fused-ring (bicyclic) bond motifs is 3. The van der Waals surface area contributed by atoms with Crippen LogP contribution in [-0.4, -0.2) is 0 Å². The van der Waals surface area contributed by atoms with Gasteiger partial charge in [0, 0.05) is 16.2 Å². The molecule has 0 atom stereocenters. The largest absolute Gasteiger partial charge is 0.308 e. The van der Waals surface area contributed by atoms with Gasteiger partial charge in [-0.1, -0.05) is 144 Å². The first kappa shape index (κ1) is 32.8. The summed E-state index contributed by atoms with van der Waals surface area (Å²) in [6.45, 7) is 9.37. The molecule has 6 aromatic carbocycles. The predicted molar refractivity (Wildman–Crippen MR) is 208 cm³/mol. The summed E-state index contributed by atoms with van der Waals surface area (Å²) in [7, 11) is 0. The number of aryl methyl sites for hydroxylation is 2. The summed E-state index contributed by atoms with van der Waals surface area (Å²) in [5, 5.41) is 8.13. The molecular formula is C46H53N. The Morgan fingerprint density at radius 2 is 0.851 bits per heavy atom. The van der Waals surface area contributed by atoms with Crippen LogP contribution >= 0.6 is 0 Å². The van der Waals surface area contributed by atoms with E-state index in [2.05, 4.69) is 136 Å². The zero-order valence-electron chi connectivity index (χ0n) is 29.2. The Morgan fingerprint density at radius 1 is 0.404 bits per heavy atom. The molecule has 0 radical (unpaired) electrons. The highest BCUT2D eigenvalue weighted by molar-refractivity contribution is 6.11. The molecule has 0 unspecified atom stereocenters. The van der Waals surface area contributed by atoms with Crippen molar-refractivity contribution in [2.45, 2.75) is 105 Å². The molecular weight excluding hydrogens is 567 g/mol. The summed E-state index contributed by atoms with van der Waals surface area (Å²) in [5.74, 6) is 0. The van der Waals surface area contributed by atoms with Crippen molar-refractivity contribution in [3.63, 3.8) is 0 Å². The monoisotopic (exact) mass is 619 g/mol. The molecule has 242 valence electrons. The fourth-order valence-corrected chi connectivity index (χ4v) is 7.71. The molecule has 47 heavy (non-hydrogen) atoms. The average molecular weight is 620 g/mol. The first-order valence-electron chi connectivity index (χ1n) is 18.6. The van der Waals surface area contributed by atoms with Gasteiger partial charge in [-0.3, -0.25) is 0 Å². The van der Waals surface area contributed by atoms with Gasteiger partial charge in [0.2, 0.25) is 0 Å². The second kappa shape index (κ2) is 15.7. The van der Waals surface area contributed by atoms with E-state index in [-0.39, 0.29) is 0 Å². The molecule has 6 aromatic rings. The third-order valence-corrected chi connectivity index (χ3v) is 10.1. The van der Waals surface area contributed by atoms with E-state index in [0.717, 1.165) is 25.7 Å². The highest BCUT2D eigenvalue weighted by atomic mass is 15.1. The molecule has 0 bridgehead atoms. The third-order valence-electron chi connectivity index (χ3n) is 10.1. The molecule has 0 aliphatic carbocycles. The Bertz CT molecular complexity index is 1860. The van der Waals surface area contributed by atoms with Gasteiger partial charge in [-0.2, -0.15) is 0 Å². The van der Waals surface area contributed by atoms with E-state index in [1.807, 2.05) is 0 Å². The number of anilines is 3. The molecule has 0 fully saturated rings. The normalized spacial score (nSPS) is 11.6. The SMILES string of the molecule is CCCCc1c(CCCC)c(CCCC)c2c(CCCC)cccc2c1N(c1cccc2ccccc12)c1cccc2ccccc12. The zero-order chi connectivity index (χ0) is 32.6. The molecule has 0 heterocycles. The predicted octanol–water partition coefficient (Wildman–Crippen LogP) is 14.0. The van der Waals surface area contributed by atoms with Crippen molar-refractivity contribution in [1.82, 2.24) is 0 Å². The zero-order valence-corrected chi connectivity index (χ0v) is 29.2. The van der Waals surface area contributed by atoms with Crippen LogP contribution in [0.1, 0.15) is 101 Å². The van der Waals surface area contributed by atoms with Crippen LogP contribution in [0.5, 0.6) is 0 Å². The highest BCUT2D eigenvalue weighted by Crippen LogP contribution is 2.49. The van der Waals surface area contributed by atoms with Crippen molar-refractivity contribution < 1.29 is 0 Å². The smallest absolute Gasteiger partial charge is 0.0575 e. The lowest BCUT2D eigenvalue weighted by molar-refractivity contribution is 0.737. The minimum Gasteiger partial charge on any atom is -0.308 e. The van der Waals surface area contributed by atoms with Crippen LogP contribution < -0.4 is 4.90 Å². The minimum absolute atomic E-state index is 1.10. The third kappa shape index (κ3) is 6.68. The van der Waals surface area contributed by atoms with Gasteiger partial charge in [-0.15, -0.1) is 0 Å². The lowest BCUT2D eigenvalue weighted by Gasteiger charge is -2.34. The number of hydrogen-bond acceptors (Lipinski definition) is 1. The number of unbranched alkanes of at least 4 members (excludes halogenated alkanes) is 4. The van der Waals surface area contributed by atoms with E-state index < -0.39 is 0 Å². The van der Waals surface area contributed by atoms with Gasteiger partial charge >= 0.3 is 0 Å². The maximum Gasteiger partial charge on any atom is 0.0575 e. The van der Waals surface area contributed by atoms with Gasteiger partial charge in [0.25, 0.3) is 0 Å². The van der Waals surface area contributed by atoms with Gasteiger partial charge in [0.1, 0.15) is 0 Å². The minimum atomic E-state index is 1.10. The van der Waals surface area contributed by atoms with E-state index in [1.165, 1.54) is 101 Å². The second-order valence-corrected chi connectivity index (χ2v) is 13.4. The van der Waals surface area contributed by atoms with Crippen molar-refractivity contribution >= 4 is 49.4 Å². The number of hydrogen-bond donors (Lipinski definition) is 0. The van der Waals surface area contributed by atoms with Crippen LogP contribution in [-0.2, 0) is 25.7 Å². The topological polar surface area (TPSA) is 3.24 Å². The Kier molecular flexibility index (Phi) is 10.9. The molecule has 0 saturated heterocycles.